The minimum atomic E-state index is -4.73. The first kappa shape index (κ1) is 20.2. The van der Waals surface area contributed by atoms with E-state index < -0.39 is 12.3 Å². The molecule has 1 aromatic heterocycles. The van der Waals surface area contributed by atoms with E-state index in [1.165, 1.54) is 36.4 Å². The number of halogens is 3. The van der Waals surface area contributed by atoms with Gasteiger partial charge in [0.2, 0.25) is 0 Å². The van der Waals surface area contributed by atoms with Gasteiger partial charge in [0.05, 0.1) is 16.8 Å². The average molecular weight is 429 g/mol. The van der Waals surface area contributed by atoms with Crippen molar-refractivity contribution in [2.24, 2.45) is 0 Å². The van der Waals surface area contributed by atoms with Gasteiger partial charge in [-0.25, -0.2) is 9.48 Å². The molecule has 4 rings (SSSR count). The molecule has 0 fully saturated rings. The summed E-state index contributed by atoms with van der Waals surface area (Å²) in [5.74, 6) is -0.784. The lowest BCUT2D eigenvalue weighted by atomic mass is 10.2. The number of carboxylic acid groups (broad SMARTS) is 1. The number of hydrogen-bond donors (Lipinski definition) is 1. The van der Waals surface area contributed by atoms with Gasteiger partial charge in [0.25, 0.3) is 0 Å². The number of rotatable bonds is 6. The summed E-state index contributed by atoms with van der Waals surface area (Å²) in [4.78, 5) is 11.1. The molecule has 0 bridgehead atoms. The molecule has 0 amide bonds. The molecule has 31 heavy (non-hydrogen) atoms. The Bertz CT molecular complexity index is 1220. The lowest BCUT2D eigenvalue weighted by Crippen LogP contribution is -2.17. The van der Waals surface area contributed by atoms with E-state index in [1.807, 2.05) is 0 Å². The SMILES string of the molecule is O=C(O)c1ccc2c(c1)nnn2-c1ccc(OCc2ccc(OC(F)(F)F)cc2)cc1. The average Bonchev–Trinajstić information content (AvgIpc) is 3.16. The van der Waals surface area contributed by atoms with Gasteiger partial charge in [-0.3, -0.25) is 0 Å². The van der Waals surface area contributed by atoms with E-state index in [0.717, 1.165) is 0 Å². The maximum Gasteiger partial charge on any atom is 0.573 e. The van der Waals surface area contributed by atoms with E-state index in [9.17, 15) is 18.0 Å². The Morgan fingerprint density at radius 2 is 1.65 bits per heavy atom. The first-order valence-electron chi connectivity index (χ1n) is 8.95. The number of carboxylic acids is 1. The molecule has 158 valence electrons. The van der Waals surface area contributed by atoms with Crippen LogP contribution in [0.3, 0.4) is 0 Å². The molecule has 0 saturated heterocycles. The van der Waals surface area contributed by atoms with Crippen molar-refractivity contribution in [3.63, 3.8) is 0 Å². The summed E-state index contributed by atoms with van der Waals surface area (Å²) in [6.45, 7) is 0.163. The second kappa shape index (κ2) is 7.98. The summed E-state index contributed by atoms with van der Waals surface area (Å²) in [6.07, 6.45) is -4.73. The van der Waals surface area contributed by atoms with Crippen LogP contribution in [-0.4, -0.2) is 32.4 Å². The van der Waals surface area contributed by atoms with Gasteiger partial charge >= 0.3 is 12.3 Å². The van der Waals surface area contributed by atoms with Crippen LogP contribution in [0.1, 0.15) is 15.9 Å². The maximum absolute atomic E-state index is 12.2. The predicted octanol–water partition coefficient (Wildman–Crippen LogP) is 4.60. The van der Waals surface area contributed by atoms with Crippen molar-refractivity contribution >= 4 is 17.0 Å². The smallest absolute Gasteiger partial charge is 0.489 e. The molecule has 0 radical (unpaired) electrons. The van der Waals surface area contributed by atoms with Gasteiger partial charge in [-0.15, -0.1) is 18.3 Å². The van der Waals surface area contributed by atoms with Crippen LogP contribution in [0.2, 0.25) is 0 Å². The summed E-state index contributed by atoms with van der Waals surface area (Å²) in [5, 5.41) is 17.1. The van der Waals surface area contributed by atoms with Crippen LogP contribution in [0, 0.1) is 0 Å². The van der Waals surface area contributed by atoms with Gasteiger partial charge in [0, 0.05) is 0 Å². The Morgan fingerprint density at radius 1 is 0.968 bits per heavy atom. The van der Waals surface area contributed by atoms with Crippen molar-refractivity contribution in [2.45, 2.75) is 13.0 Å². The molecular weight excluding hydrogens is 415 g/mol. The van der Waals surface area contributed by atoms with Crippen LogP contribution in [-0.2, 0) is 6.61 Å². The van der Waals surface area contributed by atoms with E-state index in [1.54, 1.807) is 35.0 Å². The lowest BCUT2D eigenvalue weighted by Gasteiger charge is -2.10. The maximum atomic E-state index is 12.2. The highest BCUT2D eigenvalue weighted by Crippen LogP contribution is 2.24. The molecule has 4 aromatic rings. The third-order valence-corrected chi connectivity index (χ3v) is 4.34. The Kier molecular flexibility index (Phi) is 5.20. The van der Waals surface area contributed by atoms with Crippen molar-refractivity contribution in [1.82, 2.24) is 15.0 Å². The number of hydrogen-bond acceptors (Lipinski definition) is 5. The first-order valence-corrected chi connectivity index (χ1v) is 8.95. The van der Waals surface area contributed by atoms with Crippen molar-refractivity contribution in [3.8, 4) is 17.2 Å². The highest BCUT2D eigenvalue weighted by molar-refractivity contribution is 5.92. The van der Waals surface area contributed by atoms with Crippen molar-refractivity contribution in [2.75, 3.05) is 0 Å². The number of nitrogens with zero attached hydrogens (tertiary/aromatic N) is 3. The van der Waals surface area contributed by atoms with Crippen molar-refractivity contribution in [1.29, 1.82) is 0 Å². The normalized spacial score (nSPS) is 11.5. The van der Waals surface area contributed by atoms with Gasteiger partial charge < -0.3 is 14.6 Å². The molecule has 0 atom stereocenters. The second-order valence-corrected chi connectivity index (χ2v) is 6.48. The summed E-state index contributed by atoms with van der Waals surface area (Å²) >= 11 is 0. The minimum absolute atomic E-state index is 0.126. The van der Waals surface area contributed by atoms with E-state index >= 15 is 0 Å². The zero-order valence-corrected chi connectivity index (χ0v) is 15.7. The van der Waals surface area contributed by atoms with Gasteiger partial charge in [0.1, 0.15) is 23.6 Å². The highest BCUT2D eigenvalue weighted by Gasteiger charge is 2.30. The van der Waals surface area contributed by atoms with E-state index in [2.05, 4.69) is 15.0 Å². The molecular formula is C21H14F3N3O4. The highest BCUT2D eigenvalue weighted by atomic mass is 19.4. The number of carbonyl (C=O) groups is 1. The standard InChI is InChI=1S/C21H14F3N3O4/c22-21(23,24)31-17-6-1-13(2-7-17)12-30-16-8-4-15(5-9-16)27-19-10-3-14(20(28)29)11-18(19)25-26-27/h1-11H,12H2,(H,28,29). The summed E-state index contributed by atoms with van der Waals surface area (Å²) < 4.78 is 47.7. The Labute approximate surface area is 173 Å². The van der Waals surface area contributed by atoms with E-state index in [-0.39, 0.29) is 17.9 Å². The summed E-state index contributed by atoms with van der Waals surface area (Å²) in [7, 11) is 0. The number of aromatic nitrogens is 3. The number of aromatic carboxylic acids is 1. The quantitative estimate of drug-likeness (QED) is 0.482. The summed E-state index contributed by atoms with van der Waals surface area (Å²) in [5.41, 5.74) is 2.61. The van der Waals surface area contributed by atoms with E-state index in [0.29, 0.717) is 28.0 Å². The fourth-order valence-corrected chi connectivity index (χ4v) is 2.89. The number of ether oxygens (including phenoxy) is 2. The molecule has 0 aliphatic heterocycles. The van der Waals surface area contributed by atoms with Crippen LogP contribution < -0.4 is 9.47 Å². The molecule has 7 nitrogen and oxygen atoms in total. The monoisotopic (exact) mass is 429 g/mol. The molecule has 0 unspecified atom stereocenters. The van der Waals surface area contributed by atoms with Crippen molar-refractivity contribution < 1.29 is 32.5 Å². The third-order valence-electron chi connectivity index (χ3n) is 4.34. The number of benzene rings is 3. The van der Waals surface area contributed by atoms with Crippen molar-refractivity contribution in [3.05, 3.63) is 77.9 Å². The minimum Gasteiger partial charge on any atom is -0.489 e. The lowest BCUT2D eigenvalue weighted by molar-refractivity contribution is -0.274. The van der Waals surface area contributed by atoms with Gasteiger partial charge in [-0.2, -0.15) is 0 Å². The molecule has 10 heteroatoms. The number of fused-ring (bicyclic) bond motifs is 1. The molecule has 0 aliphatic rings. The van der Waals surface area contributed by atoms with E-state index in [4.69, 9.17) is 9.84 Å². The Balaban J connectivity index is 1.43. The second-order valence-electron chi connectivity index (χ2n) is 6.48. The van der Waals surface area contributed by atoms with Gasteiger partial charge in [-0.05, 0) is 60.2 Å². The zero-order valence-electron chi connectivity index (χ0n) is 15.7. The molecule has 1 N–H and O–H groups in total. The van der Waals surface area contributed by atoms with Gasteiger partial charge in [0.15, 0.2) is 0 Å². The fourth-order valence-electron chi connectivity index (χ4n) is 2.89. The molecule has 3 aromatic carbocycles. The van der Waals surface area contributed by atoms with Gasteiger partial charge in [-0.1, -0.05) is 17.3 Å². The molecule has 1 heterocycles. The van der Waals surface area contributed by atoms with Crippen LogP contribution in [0.4, 0.5) is 13.2 Å². The topological polar surface area (TPSA) is 86.5 Å². The van der Waals surface area contributed by atoms with Crippen LogP contribution in [0.15, 0.2) is 66.7 Å². The van der Waals surface area contributed by atoms with Crippen LogP contribution in [0.5, 0.6) is 11.5 Å². The third kappa shape index (κ3) is 4.74. The zero-order chi connectivity index (χ0) is 22.0. The Morgan fingerprint density at radius 3 is 2.29 bits per heavy atom. The van der Waals surface area contributed by atoms with Crippen LogP contribution in [0.25, 0.3) is 16.7 Å². The largest absolute Gasteiger partial charge is 0.573 e. The molecule has 0 saturated carbocycles. The number of alkyl halides is 3. The molecule has 0 spiro atoms. The summed E-state index contributed by atoms with van der Waals surface area (Å²) in [6, 6.07) is 16.9. The van der Waals surface area contributed by atoms with Crippen LogP contribution >= 0.6 is 0 Å². The Hall–Kier alpha value is -4.08. The fraction of sp³-hybridized carbons (Fsp3) is 0.0952. The molecule has 0 aliphatic carbocycles. The predicted molar refractivity (Wildman–Crippen MR) is 103 cm³/mol. The first-order chi connectivity index (χ1) is 14.8.